The lowest BCUT2D eigenvalue weighted by molar-refractivity contribution is -0.128. The molecule has 2 amide bonds. The number of rotatable bonds is 7. The second kappa shape index (κ2) is 8.36. The largest absolute Gasteiger partial charge is 0.352 e. The molecule has 0 spiro atoms. The molecule has 2 saturated carbocycles. The number of hydrogen-bond acceptors (Lipinski definition) is 3. The molecule has 0 bridgehead atoms. The van der Waals surface area contributed by atoms with Gasteiger partial charge in [-0.15, -0.1) is 0 Å². The fourth-order valence-electron chi connectivity index (χ4n) is 5.48. The maximum absolute atomic E-state index is 13.7. The van der Waals surface area contributed by atoms with Crippen molar-refractivity contribution < 1.29 is 9.59 Å². The van der Waals surface area contributed by atoms with Crippen LogP contribution in [0.5, 0.6) is 0 Å². The third kappa shape index (κ3) is 3.60. The van der Waals surface area contributed by atoms with E-state index in [1.54, 1.807) is 0 Å². The predicted octanol–water partition coefficient (Wildman–Crippen LogP) is 4.61. The number of fused-ring (bicyclic) bond motifs is 1. The summed E-state index contributed by atoms with van der Waals surface area (Å²) in [4.78, 5) is 26.4. The Morgan fingerprint density at radius 2 is 1.84 bits per heavy atom. The van der Waals surface area contributed by atoms with Crippen molar-refractivity contribution in [2.75, 3.05) is 11.9 Å². The summed E-state index contributed by atoms with van der Waals surface area (Å²) in [5.74, 6) is -0.0602. The van der Waals surface area contributed by atoms with Crippen LogP contribution in [-0.4, -0.2) is 29.9 Å². The van der Waals surface area contributed by atoms with Crippen LogP contribution in [-0.2, 0) is 21.4 Å². The van der Waals surface area contributed by atoms with Crippen LogP contribution < -0.4 is 16.0 Å². The first-order valence-electron chi connectivity index (χ1n) is 11.3. The maximum atomic E-state index is 13.7. The van der Waals surface area contributed by atoms with Crippen molar-refractivity contribution in [2.24, 2.45) is 0 Å². The predicted molar refractivity (Wildman–Crippen MR) is 127 cm³/mol. The van der Waals surface area contributed by atoms with E-state index in [1.165, 1.54) is 6.42 Å². The molecule has 0 aromatic heterocycles. The van der Waals surface area contributed by atoms with Crippen LogP contribution in [0.25, 0.3) is 0 Å². The van der Waals surface area contributed by atoms with E-state index in [0.29, 0.717) is 22.5 Å². The summed E-state index contributed by atoms with van der Waals surface area (Å²) in [5.41, 5.74) is 1.29. The third-order valence-corrected chi connectivity index (χ3v) is 7.99. The number of benzene rings is 2. The number of carbonyl (C=O) groups excluding carboxylic acids is 2. The Bertz CT molecular complexity index is 1060. The molecular formula is C25H27Cl2N3O2. The highest BCUT2D eigenvalue weighted by Crippen LogP contribution is 2.55. The molecule has 1 heterocycles. The lowest BCUT2D eigenvalue weighted by Crippen LogP contribution is -2.69. The van der Waals surface area contributed by atoms with Gasteiger partial charge < -0.3 is 16.0 Å². The normalized spacial score (nSPS) is 23.6. The van der Waals surface area contributed by atoms with Crippen molar-refractivity contribution in [2.45, 2.75) is 61.9 Å². The summed E-state index contributed by atoms with van der Waals surface area (Å²) in [7, 11) is 0. The lowest BCUT2D eigenvalue weighted by Gasteiger charge is -2.54. The summed E-state index contributed by atoms with van der Waals surface area (Å²) in [6.45, 7) is 0.198. The molecule has 5 rings (SSSR count). The van der Waals surface area contributed by atoms with Crippen molar-refractivity contribution in [3.05, 3.63) is 63.6 Å². The Balaban J connectivity index is 1.52. The Morgan fingerprint density at radius 1 is 1.06 bits per heavy atom. The van der Waals surface area contributed by atoms with Crippen molar-refractivity contribution in [1.82, 2.24) is 10.6 Å². The Hall–Kier alpha value is -2.08. The van der Waals surface area contributed by atoms with Gasteiger partial charge in [-0.1, -0.05) is 41.4 Å². The minimum absolute atomic E-state index is 0.00591. The second-order valence-electron chi connectivity index (χ2n) is 9.34. The van der Waals surface area contributed by atoms with Crippen LogP contribution >= 0.6 is 23.2 Å². The highest BCUT2D eigenvalue weighted by molar-refractivity contribution is 6.31. The highest BCUT2D eigenvalue weighted by atomic mass is 35.5. The van der Waals surface area contributed by atoms with E-state index >= 15 is 0 Å². The van der Waals surface area contributed by atoms with E-state index in [1.807, 2.05) is 42.5 Å². The molecule has 3 N–H and O–H groups in total. The van der Waals surface area contributed by atoms with Gasteiger partial charge >= 0.3 is 0 Å². The quantitative estimate of drug-likeness (QED) is 0.552. The van der Waals surface area contributed by atoms with Gasteiger partial charge in [-0.2, -0.15) is 0 Å². The summed E-state index contributed by atoms with van der Waals surface area (Å²) < 4.78 is 0. The number of nitrogens with one attached hydrogen (secondary N) is 3. The zero-order chi connectivity index (χ0) is 22.3. The maximum Gasteiger partial charge on any atom is 0.237 e. The van der Waals surface area contributed by atoms with Gasteiger partial charge in [-0.25, -0.2) is 0 Å². The molecule has 0 saturated heterocycles. The second-order valence-corrected chi connectivity index (χ2v) is 10.2. The van der Waals surface area contributed by atoms with Gasteiger partial charge in [-0.05, 0) is 80.3 Å². The molecule has 2 aliphatic carbocycles. The van der Waals surface area contributed by atoms with Crippen LogP contribution in [0.4, 0.5) is 5.69 Å². The molecule has 2 fully saturated rings. The van der Waals surface area contributed by atoms with Gasteiger partial charge in [0, 0.05) is 27.3 Å². The standard InChI is InChI=1S/C25H27Cl2N3O2/c26-17-5-1-4-16(12-17)14-25(20-9-8-18(27)13-21(20)30-23(25)32)24(10-3-11-24)28-15-22(31)29-19-6-2-7-19/h1,4-5,8-9,12-13,19,28H,2-3,6-7,10-11,14-15H2,(H,29,31)(H,30,32). The van der Waals surface area contributed by atoms with Crippen LogP contribution in [0, 0.1) is 0 Å². The molecule has 32 heavy (non-hydrogen) atoms. The molecule has 2 aromatic carbocycles. The number of anilines is 1. The van der Waals surface area contributed by atoms with E-state index in [2.05, 4.69) is 16.0 Å². The summed E-state index contributed by atoms with van der Waals surface area (Å²) in [6.07, 6.45) is 6.40. The van der Waals surface area contributed by atoms with Crippen LogP contribution in [0.3, 0.4) is 0 Å². The Morgan fingerprint density at radius 3 is 2.50 bits per heavy atom. The van der Waals surface area contributed by atoms with Crippen molar-refractivity contribution >= 4 is 40.7 Å². The van der Waals surface area contributed by atoms with Gasteiger partial charge in [0.2, 0.25) is 11.8 Å². The Labute approximate surface area is 198 Å². The molecule has 1 atom stereocenters. The van der Waals surface area contributed by atoms with Gasteiger partial charge in [0.1, 0.15) is 0 Å². The van der Waals surface area contributed by atoms with E-state index in [9.17, 15) is 9.59 Å². The highest BCUT2D eigenvalue weighted by Gasteiger charge is 2.63. The first kappa shape index (κ1) is 21.7. The fraction of sp³-hybridized carbons (Fsp3) is 0.440. The smallest absolute Gasteiger partial charge is 0.237 e. The third-order valence-electron chi connectivity index (χ3n) is 7.52. The summed E-state index contributed by atoms with van der Waals surface area (Å²) in [5, 5.41) is 11.0. The van der Waals surface area contributed by atoms with E-state index < -0.39 is 11.0 Å². The molecule has 1 unspecified atom stereocenters. The molecule has 168 valence electrons. The number of carbonyl (C=O) groups is 2. The first-order valence-corrected chi connectivity index (χ1v) is 12.1. The molecular weight excluding hydrogens is 445 g/mol. The van der Waals surface area contributed by atoms with Crippen molar-refractivity contribution in [3.8, 4) is 0 Å². The van der Waals surface area contributed by atoms with Crippen molar-refractivity contribution in [1.29, 1.82) is 0 Å². The minimum atomic E-state index is -0.855. The minimum Gasteiger partial charge on any atom is -0.352 e. The molecule has 5 nitrogen and oxygen atoms in total. The molecule has 1 aliphatic heterocycles. The average Bonchev–Trinajstić information content (AvgIpc) is 2.95. The molecule has 3 aliphatic rings. The molecule has 2 aromatic rings. The van der Waals surface area contributed by atoms with Crippen molar-refractivity contribution in [3.63, 3.8) is 0 Å². The van der Waals surface area contributed by atoms with Gasteiger partial charge in [-0.3, -0.25) is 9.59 Å². The Kier molecular flexibility index (Phi) is 5.68. The topological polar surface area (TPSA) is 70.2 Å². The number of hydrogen-bond donors (Lipinski definition) is 3. The van der Waals surface area contributed by atoms with Gasteiger partial charge in [0.05, 0.1) is 12.0 Å². The van der Waals surface area contributed by atoms with Gasteiger partial charge in [0.25, 0.3) is 0 Å². The van der Waals surface area contributed by atoms with E-state index in [4.69, 9.17) is 23.2 Å². The zero-order valence-electron chi connectivity index (χ0n) is 17.8. The molecule has 7 heteroatoms. The lowest BCUT2D eigenvalue weighted by atomic mass is 9.54. The number of amides is 2. The van der Waals surface area contributed by atoms with Crippen LogP contribution in [0.2, 0.25) is 10.0 Å². The van der Waals surface area contributed by atoms with Crippen LogP contribution in [0.1, 0.15) is 49.7 Å². The fourth-order valence-corrected chi connectivity index (χ4v) is 5.87. The first-order chi connectivity index (χ1) is 15.4. The number of halogens is 2. The zero-order valence-corrected chi connectivity index (χ0v) is 19.4. The van der Waals surface area contributed by atoms with E-state index in [-0.39, 0.29) is 18.4 Å². The monoisotopic (exact) mass is 471 g/mol. The molecule has 0 radical (unpaired) electrons. The van der Waals surface area contributed by atoms with Crippen LogP contribution in [0.15, 0.2) is 42.5 Å². The summed E-state index contributed by atoms with van der Waals surface area (Å²) >= 11 is 12.5. The van der Waals surface area contributed by atoms with Gasteiger partial charge in [0.15, 0.2) is 0 Å². The average molecular weight is 472 g/mol. The van der Waals surface area contributed by atoms with E-state index in [0.717, 1.165) is 48.9 Å². The summed E-state index contributed by atoms with van der Waals surface area (Å²) in [6, 6.07) is 13.6. The SMILES string of the molecule is O=C(CNC1(C2(Cc3cccc(Cl)c3)C(=O)Nc3cc(Cl)ccc32)CCC1)NC1CCC1.